The molecule has 0 aromatic carbocycles. The van der Waals surface area contributed by atoms with Gasteiger partial charge >= 0.3 is 5.97 Å². The quantitative estimate of drug-likeness (QED) is 0.635. The first-order chi connectivity index (χ1) is 6.68. The van der Waals surface area contributed by atoms with E-state index in [1.54, 1.807) is 0 Å². The molecule has 1 atom stereocenters. The third kappa shape index (κ3) is 1.50. The van der Waals surface area contributed by atoms with Crippen LogP contribution in [0.2, 0.25) is 0 Å². The molecular weight excluding hydrogens is 182 g/mol. The molecule has 0 fully saturated rings. The number of nitrogens with two attached hydrogens (primary N) is 1. The van der Waals surface area contributed by atoms with Gasteiger partial charge in [0.2, 0.25) is 0 Å². The van der Waals surface area contributed by atoms with Crippen molar-refractivity contribution < 1.29 is 9.90 Å². The van der Waals surface area contributed by atoms with E-state index in [1.165, 1.54) is 0 Å². The number of aryl methyl sites for hydroxylation is 2. The van der Waals surface area contributed by atoms with Crippen LogP contribution >= 0.6 is 0 Å². The zero-order valence-electron chi connectivity index (χ0n) is 7.79. The molecule has 0 bridgehead atoms. The van der Waals surface area contributed by atoms with Crippen molar-refractivity contribution in [3.05, 3.63) is 17.2 Å². The second-order valence-electron chi connectivity index (χ2n) is 3.57. The van der Waals surface area contributed by atoms with Gasteiger partial charge in [-0.3, -0.25) is 4.79 Å². The maximum Gasteiger partial charge on any atom is 0.328 e. The molecule has 76 valence electrons. The Morgan fingerprint density at radius 2 is 2.21 bits per heavy atom. The molecular formula is C9H13N3O2. The van der Waals surface area contributed by atoms with E-state index in [1.807, 2.05) is 0 Å². The smallest absolute Gasteiger partial charge is 0.328 e. The molecule has 1 aliphatic rings. The van der Waals surface area contributed by atoms with Gasteiger partial charge in [0.05, 0.1) is 5.69 Å². The summed E-state index contributed by atoms with van der Waals surface area (Å²) in [5.41, 5.74) is 7.50. The fourth-order valence-electron chi connectivity index (χ4n) is 1.74. The van der Waals surface area contributed by atoms with Crippen LogP contribution in [0.3, 0.4) is 0 Å². The molecule has 0 saturated heterocycles. The molecule has 1 aromatic rings. The maximum atomic E-state index is 10.6. The number of carboxylic acid groups (broad SMARTS) is 1. The number of hydrogen-bond acceptors (Lipinski definition) is 3. The van der Waals surface area contributed by atoms with Gasteiger partial charge in [-0.25, -0.2) is 4.98 Å². The lowest BCUT2D eigenvalue weighted by atomic mass is 10.0. The molecule has 0 amide bonds. The number of nitrogens with one attached hydrogen (secondary N) is 1. The lowest BCUT2D eigenvalue weighted by Gasteiger charge is -2.07. The van der Waals surface area contributed by atoms with Crippen molar-refractivity contribution in [3.63, 3.8) is 0 Å². The summed E-state index contributed by atoms with van der Waals surface area (Å²) in [7, 11) is 0. The summed E-state index contributed by atoms with van der Waals surface area (Å²) < 4.78 is 0. The summed E-state index contributed by atoms with van der Waals surface area (Å²) >= 11 is 0. The Morgan fingerprint density at radius 1 is 1.50 bits per heavy atom. The summed E-state index contributed by atoms with van der Waals surface area (Å²) in [5.74, 6) is -0.666. The monoisotopic (exact) mass is 195 g/mol. The number of hydrogen-bond donors (Lipinski definition) is 3. The van der Waals surface area contributed by atoms with Gasteiger partial charge in [-0.15, -0.1) is 0 Å². The number of fused-ring (bicyclic) bond motifs is 1. The highest BCUT2D eigenvalue weighted by atomic mass is 16.4. The number of imidazole rings is 1. The first-order valence-corrected chi connectivity index (χ1v) is 4.74. The fraction of sp³-hybridized carbons (Fsp3) is 0.556. The molecule has 1 unspecified atom stereocenters. The Bertz CT molecular complexity index is 335. The number of H-pyrrole nitrogens is 1. The van der Waals surface area contributed by atoms with Gasteiger partial charge in [0.1, 0.15) is 5.82 Å². The van der Waals surface area contributed by atoms with Crippen molar-refractivity contribution in [1.82, 2.24) is 9.97 Å². The molecule has 1 heterocycles. The lowest BCUT2D eigenvalue weighted by molar-refractivity contribution is -0.138. The molecule has 14 heavy (non-hydrogen) atoms. The van der Waals surface area contributed by atoms with E-state index in [0.29, 0.717) is 5.82 Å². The third-order valence-electron chi connectivity index (χ3n) is 2.53. The average molecular weight is 195 g/mol. The summed E-state index contributed by atoms with van der Waals surface area (Å²) in [5, 5.41) is 8.71. The van der Waals surface area contributed by atoms with Crippen molar-refractivity contribution >= 4 is 5.97 Å². The number of aromatic amines is 1. The molecule has 0 aliphatic heterocycles. The van der Waals surface area contributed by atoms with E-state index in [4.69, 9.17) is 10.8 Å². The summed E-state index contributed by atoms with van der Waals surface area (Å²) in [6, 6.07) is -1.03. The molecule has 1 aliphatic carbocycles. The molecule has 0 spiro atoms. The van der Waals surface area contributed by atoms with E-state index in [-0.39, 0.29) is 0 Å². The van der Waals surface area contributed by atoms with Crippen LogP contribution < -0.4 is 5.73 Å². The lowest BCUT2D eigenvalue weighted by Crippen LogP contribution is -2.22. The second-order valence-corrected chi connectivity index (χ2v) is 3.57. The van der Waals surface area contributed by atoms with Crippen LogP contribution in [0, 0.1) is 0 Å². The van der Waals surface area contributed by atoms with E-state index in [2.05, 4.69) is 9.97 Å². The van der Waals surface area contributed by atoms with E-state index >= 15 is 0 Å². The van der Waals surface area contributed by atoms with Crippen molar-refractivity contribution in [2.45, 2.75) is 31.7 Å². The summed E-state index contributed by atoms with van der Waals surface area (Å²) in [4.78, 5) is 17.8. The van der Waals surface area contributed by atoms with Gasteiger partial charge in [-0.2, -0.15) is 0 Å². The molecule has 5 nitrogen and oxygen atoms in total. The molecule has 1 aromatic heterocycles. The van der Waals surface area contributed by atoms with Crippen molar-refractivity contribution in [2.75, 3.05) is 0 Å². The van der Waals surface area contributed by atoms with Crippen LogP contribution in [-0.2, 0) is 17.6 Å². The topological polar surface area (TPSA) is 92.0 Å². The number of aromatic nitrogens is 2. The van der Waals surface area contributed by atoms with Crippen LogP contribution in [0.15, 0.2) is 0 Å². The molecule has 2 rings (SSSR count). The third-order valence-corrected chi connectivity index (χ3v) is 2.53. The van der Waals surface area contributed by atoms with Gasteiger partial charge in [-0.1, -0.05) is 0 Å². The van der Waals surface area contributed by atoms with Crippen LogP contribution in [0.4, 0.5) is 0 Å². The maximum absolute atomic E-state index is 10.6. The van der Waals surface area contributed by atoms with Gasteiger partial charge in [0.15, 0.2) is 6.04 Å². The zero-order valence-corrected chi connectivity index (χ0v) is 7.79. The van der Waals surface area contributed by atoms with Gasteiger partial charge in [-0.05, 0) is 25.7 Å². The first-order valence-electron chi connectivity index (χ1n) is 4.74. The van der Waals surface area contributed by atoms with Crippen LogP contribution in [0.5, 0.6) is 0 Å². The highest BCUT2D eigenvalue weighted by Crippen LogP contribution is 2.20. The highest BCUT2D eigenvalue weighted by molar-refractivity contribution is 5.74. The number of nitrogens with zero attached hydrogens (tertiary/aromatic N) is 1. The Morgan fingerprint density at radius 3 is 2.86 bits per heavy atom. The number of carbonyl (C=O) groups is 1. The highest BCUT2D eigenvalue weighted by Gasteiger charge is 2.21. The Hall–Kier alpha value is -1.36. The average Bonchev–Trinajstić information content (AvgIpc) is 2.59. The fourth-order valence-corrected chi connectivity index (χ4v) is 1.74. The standard InChI is InChI=1S/C9H13N3O2/c10-7(9(13)14)8-11-5-3-1-2-4-6(5)12-8/h7H,1-4,10H2,(H,11,12)(H,13,14). The minimum atomic E-state index is -1.05. The predicted molar refractivity (Wildman–Crippen MR) is 49.8 cm³/mol. The minimum Gasteiger partial charge on any atom is -0.480 e. The second kappa shape index (κ2) is 3.42. The SMILES string of the molecule is NC(C(=O)O)c1nc2c([nH]1)CCCC2. The van der Waals surface area contributed by atoms with Crippen molar-refractivity contribution in [1.29, 1.82) is 0 Å². The van der Waals surface area contributed by atoms with Crippen molar-refractivity contribution in [2.24, 2.45) is 5.73 Å². The van der Waals surface area contributed by atoms with Gasteiger partial charge in [0, 0.05) is 5.69 Å². The Balaban J connectivity index is 2.28. The van der Waals surface area contributed by atoms with Crippen LogP contribution in [-0.4, -0.2) is 21.0 Å². The Labute approximate surface area is 81.3 Å². The molecule has 0 saturated carbocycles. The largest absolute Gasteiger partial charge is 0.480 e. The minimum absolute atomic E-state index is 0.379. The van der Waals surface area contributed by atoms with Crippen LogP contribution in [0.25, 0.3) is 0 Å². The normalized spacial score (nSPS) is 17.5. The number of rotatable bonds is 2. The van der Waals surface area contributed by atoms with Gasteiger partial charge < -0.3 is 15.8 Å². The van der Waals surface area contributed by atoms with E-state index in [0.717, 1.165) is 37.1 Å². The Kier molecular flexibility index (Phi) is 2.25. The molecule has 4 N–H and O–H groups in total. The van der Waals surface area contributed by atoms with Crippen molar-refractivity contribution in [3.8, 4) is 0 Å². The molecule has 0 radical (unpaired) electrons. The first kappa shape index (κ1) is 9.21. The molecule has 5 heteroatoms. The number of aliphatic carboxylic acids is 1. The van der Waals surface area contributed by atoms with Crippen LogP contribution in [0.1, 0.15) is 36.1 Å². The summed E-state index contributed by atoms with van der Waals surface area (Å²) in [6.07, 6.45) is 4.14. The van der Waals surface area contributed by atoms with E-state index in [9.17, 15) is 4.79 Å². The number of carboxylic acids is 1. The predicted octanol–water partition coefficient (Wildman–Crippen LogP) is 0.373. The summed E-state index contributed by atoms with van der Waals surface area (Å²) in [6.45, 7) is 0. The zero-order chi connectivity index (χ0) is 10.1. The van der Waals surface area contributed by atoms with Gasteiger partial charge in [0.25, 0.3) is 0 Å². The van der Waals surface area contributed by atoms with E-state index < -0.39 is 12.0 Å².